The van der Waals surface area contributed by atoms with Gasteiger partial charge in [-0.05, 0) is 80.9 Å². The molecule has 12 rings (SSSR count). The Bertz CT molecular complexity index is 3470. The van der Waals surface area contributed by atoms with Crippen molar-refractivity contribution in [3.05, 3.63) is 187 Å². The first kappa shape index (κ1) is 33.9. The zero-order chi connectivity index (χ0) is 39.2. The average Bonchev–Trinajstić information content (AvgIpc) is 3.94. The smallest absolute Gasteiger partial charge is 0.164 e. The molecule has 3 heterocycles. The van der Waals surface area contributed by atoms with Crippen LogP contribution in [0.15, 0.2) is 180 Å². The van der Waals surface area contributed by atoms with Crippen molar-refractivity contribution in [2.24, 2.45) is 0 Å². The lowest BCUT2D eigenvalue weighted by Gasteiger charge is -2.22. The number of thiophene rings is 1. The number of benzene rings is 8. The molecule has 0 saturated carbocycles. The molecule has 0 bridgehead atoms. The maximum Gasteiger partial charge on any atom is 0.164 e. The van der Waals surface area contributed by atoms with Crippen LogP contribution in [0.4, 0.5) is 0 Å². The van der Waals surface area contributed by atoms with Crippen LogP contribution in [0.5, 0.6) is 0 Å². The standard InChI is InChI=1S/C54H35N3OS/c1-54(2)43-18-8-6-14-37(43)38-28-26-36(31-44(38)54)35-27-29-45-42(30-35)49-40(16-10-19-46(49)58-45)52-55-51(34-24-22-33(23-25-34)32-12-4-3-5-13-32)56-53(57-52)41-17-11-21-48-50(41)39-15-7-9-20-47(39)59-48/h3-31H,1-2H3. The molecule has 0 spiro atoms. The minimum absolute atomic E-state index is 0.0862. The number of hydrogen-bond acceptors (Lipinski definition) is 5. The molecular formula is C54H35N3OS. The summed E-state index contributed by atoms with van der Waals surface area (Å²) in [7, 11) is 0. The summed E-state index contributed by atoms with van der Waals surface area (Å²) in [4.78, 5) is 15.8. The molecule has 59 heavy (non-hydrogen) atoms. The van der Waals surface area contributed by atoms with Gasteiger partial charge in [-0.25, -0.2) is 15.0 Å². The molecule has 0 amide bonds. The van der Waals surface area contributed by atoms with Crippen LogP contribution in [0.25, 0.3) is 110 Å². The number of nitrogens with zero attached hydrogens (tertiary/aromatic N) is 3. The Hall–Kier alpha value is -7.21. The molecule has 0 fully saturated rings. The van der Waals surface area contributed by atoms with E-state index in [1.54, 1.807) is 11.3 Å². The summed E-state index contributed by atoms with van der Waals surface area (Å²) in [6, 6.07) is 62.4. The van der Waals surface area contributed by atoms with Crippen LogP contribution in [0, 0.1) is 0 Å². The van der Waals surface area contributed by atoms with Gasteiger partial charge in [0.2, 0.25) is 0 Å². The molecule has 0 atom stereocenters. The van der Waals surface area contributed by atoms with Gasteiger partial charge < -0.3 is 4.42 Å². The lowest BCUT2D eigenvalue weighted by Crippen LogP contribution is -2.14. The first-order valence-electron chi connectivity index (χ1n) is 20.0. The SMILES string of the molecule is CC1(C)c2ccccc2-c2ccc(-c3ccc4oc5cccc(-c6nc(-c7ccc(-c8ccccc8)cc7)nc(-c7cccc8sc9ccccc9c78)n6)c5c4c3)cc21. The van der Waals surface area contributed by atoms with Crippen LogP contribution >= 0.6 is 11.3 Å². The second kappa shape index (κ2) is 12.9. The van der Waals surface area contributed by atoms with E-state index in [-0.39, 0.29) is 5.41 Å². The molecule has 0 saturated heterocycles. The van der Waals surface area contributed by atoms with Crippen LogP contribution in [0.2, 0.25) is 0 Å². The first-order valence-corrected chi connectivity index (χ1v) is 20.8. The molecule has 5 heteroatoms. The Labute approximate surface area is 345 Å². The highest BCUT2D eigenvalue weighted by atomic mass is 32.1. The second-order valence-corrected chi connectivity index (χ2v) is 17.0. The van der Waals surface area contributed by atoms with E-state index >= 15 is 0 Å². The minimum atomic E-state index is -0.0862. The summed E-state index contributed by atoms with van der Waals surface area (Å²) in [6.45, 7) is 4.66. The number of aromatic nitrogens is 3. The molecule has 278 valence electrons. The third-order valence-corrected chi connectivity index (χ3v) is 13.3. The molecule has 0 radical (unpaired) electrons. The summed E-state index contributed by atoms with van der Waals surface area (Å²) in [5, 5.41) is 4.37. The fourth-order valence-corrected chi connectivity index (χ4v) is 10.4. The lowest BCUT2D eigenvalue weighted by molar-refractivity contribution is 0.660. The Morgan fingerprint density at radius 3 is 1.83 bits per heavy atom. The van der Waals surface area contributed by atoms with Gasteiger partial charge in [0, 0.05) is 53.1 Å². The van der Waals surface area contributed by atoms with Gasteiger partial charge in [0.15, 0.2) is 17.5 Å². The van der Waals surface area contributed by atoms with Crippen LogP contribution in [-0.2, 0) is 5.41 Å². The molecule has 11 aromatic rings. The van der Waals surface area contributed by atoms with E-state index in [1.807, 2.05) is 18.2 Å². The Balaban J connectivity index is 1.05. The zero-order valence-electron chi connectivity index (χ0n) is 32.4. The number of fused-ring (bicyclic) bond motifs is 9. The predicted molar refractivity (Wildman–Crippen MR) is 245 cm³/mol. The fourth-order valence-electron chi connectivity index (χ4n) is 9.23. The van der Waals surface area contributed by atoms with Gasteiger partial charge in [0.25, 0.3) is 0 Å². The molecule has 1 aliphatic rings. The molecular weight excluding hydrogens is 739 g/mol. The normalized spacial score (nSPS) is 13.1. The Kier molecular flexibility index (Phi) is 7.41. The topological polar surface area (TPSA) is 51.8 Å². The van der Waals surface area contributed by atoms with E-state index in [4.69, 9.17) is 19.4 Å². The molecule has 0 aliphatic heterocycles. The highest BCUT2D eigenvalue weighted by Gasteiger charge is 2.35. The maximum absolute atomic E-state index is 6.57. The van der Waals surface area contributed by atoms with Gasteiger partial charge in [-0.15, -0.1) is 11.3 Å². The van der Waals surface area contributed by atoms with Crippen molar-refractivity contribution in [1.82, 2.24) is 15.0 Å². The van der Waals surface area contributed by atoms with Gasteiger partial charge in [-0.3, -0.25) is 0 Å². The molecule has 0 N–H and O–H groups in total. The van der Waals surface area contributed by atoms with E-state index in [9.17, 15) is 0 Å². The third kappa shape index (κ3) is 5.32. The largest absolute Gasteiger partial charge is 0.456 e. The molecule has 1 aliphatic carbocycles. The predicted octanol–water partition coefficient (Wildman–Crippen LogP) is 14.8. The fraction of sp³-hybridized carbons (Fsp3) is 0.0556. The average molecular weight is 774 g/mol. The highest BCUT2D eigenvalue weighted by molar-refractivity contribution is 7.25. The zero-order valence-corrected chi connectivity index (χ0v) is 33.2. The van der Waals surface area contributed by atoms with Gasteiger partial charge >= 0.3 is 0 Å². The van der Waals surface area contributed by atoms with Crippen molar-refractivity contribution >= 4 is 53.4 Å². The van der Waals surface area contributed by atoms with E-state index in [2.05, 4.69) is 172 Å². The summed E-state index contributed by atoms with van der Waals surface area (Å²) in [6.07, 6.45) is 0. The monoisotopic (exact) mass is 773 g/mol. The number of rotatable bonds is 5. The molecule has 8 aromatic carbocycles. The third-order valence-electron chi connectivity index (χ3n) is 12.2. The van der Waals surface area contributed by atoms with Crippen LogP contribution in [0.3, 0.4) is 0 Å². The van der Waals surface area contributed by atoms with Gasteiger partial charge in [-0.2, -0.15) is 0 Å². The van der Waals surface area contributed by atoms with Crippen LogP contribution in [0.1, 0.15) is 25.0 Å². The Morgan fingerprint density at radius 2 is 0.983 bits per heavy atom. The van der Waals surface area contributed by atoms with Crippen LogP contribution in [-0.4, -0.2) is 15.0 Å². The van der Waals surface area contributed by atoms with Crippen molar-refractivity contribution in [3.63, 3.8) is 0 Å². The van der Waals surface area contributed by atoms with Crippen molar-refractivity contribution in [2.45, 2.75) is 19.3 Å². The molecule has 0 unspecified atom stereocenters. The summed E-state index contributed by atoms with van der Waals surface area (Å²) in [5.41, 5.74) is 14.3. The summed E-state index contributed by atoms with van der Waals surface area (Å²) in [5.74, 6) is 1.86. The minimum Gasteiger partial charge on any atom is -0.456 e. The van der Waals surface area contributed by atoms with Gasteiger partial charge in [-0.1, -0.05) is 153 Å². The number of hydrogen-bond donors (Lipinski definition) is 0. The van der Waals surface area contributed by atoms with E-state index in [0.717, 1.165) is 55.1 Å². The maximum atomic E-state index is 6.57. The molecule has 3 aromatic heterocycles. The summed E-state index contributed by atoms with van der Waals surface area (Å²) < 4.78 is 9.01. The Morgan fingerprint density at radius 1 is 0.390 bits per heavy atom. The number of furan rings is 1. The van der Waals surface area contributed by atoms with Crippen molar-refractivity contribution in [1.29, 1.82) is 0 Å². The quantitative estimate of drug-likeness (QED) is 0.175. The highest BCUT2D eigenvalue weighted by Crippen LogP contribution is 2.50. The molecule has 4 nitrogen and oxygen atoms in total. The van der Waals surface area contributed by atoms with Crippen molar-refractivity contribution in [3.8, 4) is 67.5 Å². The van der Waals surface area contributed by atoms with E-state index in [1.165, 1.54) is 48.2 Å². The summed E-state index contributed by atoms with van der Waals surface area (Å²) >= 11 is 1.79. The lowest BCUT2D eigenvalue weighted by atomic mass is 9.81. The second-order valence-electron chi connectivity index (χ2n) is 15.9. The van der Waals surface area contributed by atoms with Gasteiger partial charge in [0.1, 0.15) is 11.2 Å². The van der Waals surface area contributed by atoms with Crippen molar-refractivity contribution < 1.29 is 4.42 Å². The van der Waals surface area contributed by atoms with Gasteiger partial charge in [0.05, 0.1) is 0 Å². The van der Waals surface area contributed by atoms with E-state index < -0.39 is 0 Å². The van der Waals surface area contributed by atoms with Crippen molar-refractivity contribution in [2.75, 3.05) is 0 Å². The van der Waals surface area contributed by atoms with E-state index in [0.29, 0.717) is 17.5 Å². The van der Waals surface area contributed by atoms with Crippen LogP contribution < -0.4 is 0 Å². The first-order chi connectivity index (χ1) is 29.0.